The molecule has 1 N–H and O–H groups in total. The fraction of sp³-hybridized carbons (Fsp3) is 0.0870. The SMILES string of the molecule is O=C(O)C1(C(F)(F)F)C=Cc2cc(Cl)c(Oc3ccc(-c4ccccc4)cc3Cl)cc2O1. The van der Waals surface area contributed by atoms with E-state index in [4.69, 9.17) is 32.7 Å². The first-order valence-electron chi connectivity index (χ1n) is 9.15. The summed E-state index contributed by atoms with van der Waals surface area (Å²) in [7, 11) is 0. The van der Waals surface area contributed by atoms with Crippen molar-refractivity contribution in [2.24, 2.45) is 0 Å². The molecule has 0 saturated carbocycles. The second kappa shape index (κ2) is 8.07. The van der Waals surface area contributed by atoms with Crippen LogP contribution in [0.2, 0.25) is 10.0 Å². The minimum atomic E-state index is -5.19. The van der Waals surface area contributed by atoms with Gasteiger partial charge in [0.15, 0.2) is 0 Å². The molecule has 3 aromatic carbocycles. The van der Waals surface area contributed by atoms with Gasteiger partial charge in [0.1, 0.15) is 17.2 Å². The molecule has 0 aliphatic carbocycles. The number of carboxylic acids is 1. The molecule has 0 radical (unpaired) electrons. The van der Waals surface area contributed by atoms with Crippen molar-refractivity contribution in [2.45, 2.75) is 11.8 Å². The molecule has 0 spiro atoms. The van der Waals surface area contributed by atoms with Crippen molar-refractivity contribution in [3.8, 4) is 28.4 Å². The van der Waals surface area contributed by atoms with E-state index in [0.717, 1.165) is 23.3 Å². The van der Waals surface area contributed by atoms with Crippen LogP contribution >= 0.6 is 23.2 Å². The van der Waals surface area contributed by atoms with E-state index in [1.165, 1.54) is 6.07 Å². The number of halogens is 5. The maximum absolute atomic E-state index is 13.5. The van der Waals surface area contributed by atoms with Gasteiger partial charge < -0.3 is 14.6 Å². The number of benzene rings is 3. The fourth-order valence-electron chi connectivity index (χ4n) is 3.16. The Morgan fingerprint density at radius 2 is 1.62 bits per heavy atom. The van der Waals surface area contributed by atoms with Crippen molar-refractivity contribution in [3.63, 3.8) is 0 Å². The second-order valence-corrected chi connectivity index (χ2v) is 7.72. The average Bonchev–Trinajstić information content (AvgIpc) is 2.75. The molecular formula is C23H13Cl2F3O4. The molecule has 1 aliphatic heterocycles. The van der Waals surface area contributed by atoms with Crippen molar-refractivity contribution in [1.82, 2.24) is 0 Å². The number of fused-ring (bicyclic) bond motifs is 1. The third kappa shape index (κ3) is 3.89. The summed E-state index contributed by atoms with van der Waals surface area (Å²) >= 11 is 12.6. The summed E-state index contributed by atoms with van der Waals surface area (Å²) in [4.78, 5) is 11.4. The molecule has 3 aromatic rings. The summed E-state index contributed by atoms with van der Waals surface area (Å²) in [5.41, 5.74) is -1.57. The topological polar surface area (TPSA) is 55.8 Å². The molecule has 4 rings (SSSR count). The summed E-state index contributed by atoms with van der Waals surface area (Å²) in [6.07, 6.45) is -3.75. The average molecular weight is 481 g/mol. The Morgan fingerprint density at radius 3 is 2.25 bits per heavy atom. The molecule has 164 valence electrons. The van der Waals surface area contributed by atoms with Crippen molar-refractivity contribution in [3.05, 3.63) is 82.3 Å². The predicted molar refractivity (Wildman–Crippen MR) is 114 cm³/mol. The maximum atomic E-state index is 13.5. The lowest BCUT2D eigenvalue weighted by Gasteiger charge is -2.32. The molecule has 0 fully saturated rings. The number of carboxylic acid groups (broad SMARTS) is 1. The van der Waals surface area contributed by atoms with Crippen LogP contribution in [0.3, 0.4) is 0 Å². The van der Waals surface area contributed by atoms with Crippen LogP contribution in [-0.4, -0.2) is 22.9 Å². The highest BCUT2D eigenvalue weighted by Gasteiger charge is 2.63. The van der Waals surface area contributed by atoms with Crippen LogP contribution in [0.1, 0.15) is 5.56 Å². The Balaban J connectivity index is 1.67. The van der Waals surface area contributed by atoms with Crippen molar-refractivity contribution in [2.75, 3.05) is 0 Å². The van der Waals surface area contributed by atoms with Gasteiger partial charge in [-0.2, -0.15) is 13.2 Å². The Labute approximate surface area is 190 Å². The number of ether oxygens (including phenoxy) is 2. The molecule has 1 unspecified atom stereocenters. The summed E-state index contributed by atoms with van der Waals surface area (Å²) in [5.74, 6) is -2.37. The third-order valence-electron chi connectivity index (χ3n) is 4.83. The van der Waals surface area contributed by atoms with E-state index in [1.54, 1.807) is 18.2 Å². The molecular weight excluding hydrogens is 468 g/mol. The highest BCUT2D eigenvalue weighted by atomic mass is 35.5. The molecule has 0 aromatic heterocycles. The van der Waals surface area contributed by atoms with Gasteiger partial charge in [-0.25, -0.2) is 4.79 Å². The van der Waals surface area contributed by atoms with Gasteiger partial charge in [-0.3, -0.25) is 0 Å². The quantitative estimate of drug-likeness (QED) is 0.427. The van der Waals surface area contributed by atoms with E-state index in [9.17, 15) is 23.1 Å². The second-order valence-electron chi connectivity index (χ2n) is 6.91. The Bertz CT molecular complexity index is 1230. The molecule has 1 heterocycles. The van der Waals surface area contributed by atoms with E-state index in [1.807, 2.05) is 30.3 Å². The number of aliphatic carboxylic acids is 1. The maximum Gasteiger partial charge on any atom is 0.443 e. The summed E-state index contributed by atoms with van der Waals surface area (Å²) in [6, 6.07) is 16.9. The highest BCUT2D eigenvalue weighted by Crippen LogP contribution is 2.45. The minimum Gasteiger partial charge on any atom is -0.478 e. The molecule has 1 aliphatic rings. The molecule has 32 heavy (non-hydrogen) atoms. The first kappa shape index (κ1) is 22.0. The number of hydrogen-bond donors (Lipinski definition) is 1. The lowest BCUT2D eigenvalue weighted by atomic mass is 9.97. The summed E-state index contributed by atoms with van der Waals surface area (Å²) < 4.78 is 51.0. The van der Waals surface area contributed by atoms with Crippen LogP contribution in [-0.2, 0) is 4.79 Å². The van der Waals surface area contributed by atoms with Crippen LogP contribution in [0.5, 0.6) is 17.2 Å². The monoisotopic (exact) mass is 480 g/mol. The minimum absolute atomic E-state index is 0.0449. The molecule has 1 atom stereocenters. The molecule has 0 bridgehead atoms. The molecule has 0 saturated heterocycles. The standard InChI is InChI=1S/C23H13Cl2F3O4/c24-16-10-14(13-4-2-1-3-5-13)6-7-18(16)31-20-12-19-15(11-17(20)25)8-9-22(32-19,21(29)30)23(26,27)28/h1-12H,(H,29,30). The number of rotatable bonds is 4. The van der Waals surface area contributed by atoms with Gasteiger partial charge in [-0.05, 0) is 35.4 Å². The van der Waals surface area contributed by atoms with Crippen molar-refractivity contribution >= 4 is 35.2 Å². The smallest absolute Gasteiger partial charge is 0.443 e. The summed E-state index contributed by atoms with van der Waals surface area (Å²) in [6.45, 7) is 0. The zero-order chi connectivity index (χ0) is 23.1. The highest BCUT2D eigenvalue weighted by molar-refractivity contribution is 6.33. The van der Waals surface area contributed by atoms with Crippen molar-refractivity contribution < 1.29 is 32.5 Å². The van der Waals surface area contributed by atoms with Crippen LogP contribution in [0, 0.1) is 0 Å². The zero-order valence-corrected chi connectivity index (χ0v) is 17.5. The normalized spacial score (nSPS) is 17.4. The zero-order valence-electron chi connectivity index (χ0n) is 16.0. The Morgan fingerprint density at radius 1 is 0.938 bits per heavy atom. The number of carbonyl (C=O) groups is 1. The van der Waals surface area contributed by atoms with E-state index in [0.29, 0.717) is 6.08 Å². The Hall–Kier alpha value is -3.16. The predicted octanol–water partition coefficient (Wildman–Crippen LogP) is 7.24. The van der Waals surface area contributed by atoms with Crippen molar-refractivity contribution in [1.29, 1.82) is 0 Å². The molecule has 9 heteroatoms. The molecule has 0 amide bonds. The fourth-order valence-corrected chi connectivity index (χ4v) is 3.59. The van der Waals surface area contributed by atoms with Gasteiger partial charge in [0.2, 0.25) is 0 Å². The van der Waals surface area contributed by atoms with E-state index in [2.05, 4.69) is 0 Å². The molecule has 4 nitrogen and oxygen atoms in total. The largest absolute Gasteiger partial charge is 0.478 e. The van der Waals surface area contributed by atoms with Gasteiger partial charge in [-0.15, -0.1) is 0 Å². The van der Waals surface area contributed by atoms with E-state index >= 15 is 0 Å². The van der Waals surface area contributed by atoms with Gasteiger partial charge >= 0.3 is 17.7 Å². The van der Waals surface area contributed by atoms with Crippen LogP contribution in [0.4, 0.5) is 13.2 Å². The summed E-state index contributed by atoms with van der Waals surface area (Å²) in [5, 5.41) is 9.52. The third-order valence-corrected chi connectivity index (χ3v) is 5.42. The first-order chi connectivity index (χ1) is 15.1. The lowest BCUT2D eigenvalue weighted by molar-refractivity contribution is -0.235. The van der Waals surface area contributed by atoms with Crippen LogP contribution in [0.25, 0.3) is 17.2 Å². The number of alkyl halides is 3. The van der Waals surface area contributed by atoms with Gasteiger partial charge in [0, 0.05) is 11.6 Å². The first-order valence-corrected chi connectivity index (χ1v) is 9.91. The van der Waals surface area contributed by atoms with Gasteiger partial charge in [0.05, 0.1) is 10.0 Å². The Kier molecular flexibility index (Phi) is 5.56. The lowest BCUT2D eigenvalue weighted by Crippen LogP contribution is -2.56. The van der Waals surface area contributed by atoms with E-state index < -0.39 is 17.7 Å². The van der Waals surface area contributed by atoms with Gasteiger partial charge in [0.25, 0.3) is 0 Å². The van der Waals surface area contributed by atoms with Gasteiger partial charge in [-0.1, -0.05) is 65.7 Å². The van der Waals surface area contributed by atoms with Crippen LogP contribution < -0.4 is 9.47 Å². The van der Waals surface area contributed by atoms with Crippen LogP contribution in [0.15, 0.2) is 66.7 Å². The number of hydrogen-bond acceptors (Lipinski definition) is 3. The van der Waals surface area contributed by atoms with E-state index in [-0.39, 0.29) is 32.9 Å².